The molecule has 4 aliphatic carbocycles. The minimum atomic E-state index is -1.54. The van der Waals surface area contributed by atoms with Crippen molar-refractivity contribution in [3.05, 3.63) is 62.4 Å². The van der Waals surface area contributed by atoms with Crippen molar-refractivity contribution in [1.29, 1.82) is 0 Å². The fourth-order valence-corrected chi connectivity index (χ4v) is 14.2. The predicted octanol–water partition coefficient (Wildman–Crippen LogP) is 9.44. The van der Waals surface area contributed by atoms with Gasteiger partial charge in [0.2, 0.25) is 0 Å². The Bertz CT molecular complexity index is 1370. The third-order valence-electron chi connectivity index (χ3n) is 14.0. The molecule has 0 aromatic heterocycles. The second-order valence-corrected chi connectivity index (χ2v) is 29.2. The zero-order chi connectivity index (χ0) is 34.5. The molecule has 50 heavy (non-hydrogen) atoms. The molecule has 4 saturated carbocycles. The average Bonchev–Trinajstić information content (AvgIpc) is 3.65. The van der Waals surface area contributed by atoms with E-state index in [1.807, 2.05) is 0 Å². The van der Waals surface area contributed by atoms with Gasteiger partial charge in [0.1, 0.15) is 22.7 Å². The number of ether oxygens (including phenoxy) is 2. The van der Waals surface area contributed by atoms with Gasteiger partial charge in [-0.3, -0.25) is 0 Å². The maximum absolute atomic E-state index is 12.1. The molecular weight excluding hydrogens is 755 g/mol. The Morgan fingerprint density at radius 3 is 1.10 bits per heavy atom. The van der Waals surface area contributed by atoms with Crippen LogP contribution in [-0.2, 0) is 50.2 Å². The topological polar surface area (TPSA) is 58.9 Å². The third kappa shape index (κ3) is 6.57. The molecule has 8 heteroatoms. The van der Waals surface area contributed by atoms with E-state index < -0.39 is 27.3 Å². The molecule has 6 unspecified atom stereocenters. The van der Waals surface area contributed by atoms with Gasteiger partial charge in [0, 0.05) is 71.7 Å². The summed E-state index contributed by atoms with van der Waals surface area (Å²) in [5.74, 6) is 3.07. The van der Waals surface area contributed by atoms with Crippen LogP contribution in [-0.4, -0.2) is 40.6 Å². The number of para-hydroxylation sites is 2. The van der Waals surface area contributed by atoms with Gasteiger partial charge in [-0.2, -0.15) is 0 Å². The summed E-state index contributed by atoms with van der Waals surface area (Å²) >= 11 is 0. The quantitative estimate of drug-likeness (QED) is 0.225. The first kappa shape index (κ1) is 47.7. The van der Waals surface area contributed by atoms with Crippen LogP contribution in [0.1, 0.15) is 91.2 Å². The van der Waals surface area contributed by atoms with Crippen molar-refractivity contribution in [1.82, 2.24) is 0 Å². The van der Waals surface area contributed by atoms with E-state index in [4.69, 9.17) is 9.47 Å². The summed E-state index contributed by atoms with van der Waals surface area (Å²) in [6.07, 6.45) is 6.94. The van der Waals surface area contributed by atoms with E-state index in [1.165, 1.54) is 23.2 Å². The number of hydrogen-bond donors (Lipinski definition) is 2. The summed E-state index contributed by atoms with van der Waals surface area (Å²) in [5, 5.41) is 26.8. The van der Waals surface area contributed by atoms with Gasteiger partial charge in [-0.25, -0.2) is 0 Å². The molecule has 6 atom stereocenters. The molecule has 4 fully saturated rings. The minimum Gasteiger partial charge on any atom is -0.496 e. The van der Waals surface area contributed by atoms with E-state index in [2.05, 4.69) is 117 Å². The van der Waals surface area contributed by atoms with E-state index in [9.17, 15) is 10.2 Å². The van der Waals surface area contributed by atoms with Gasteiger partial charge in [-0.1, -0.05) is 117 Å². The molecule has 2 N–H and O–H groups in total. The van der Waals surface area contributed by atoms with E-state index in [0.29, 0.717) is 11.8 Å². The van der Waals surface area contributed by atoms with Gasteiger partial charge in [0.05, 0.1) is 30.4 Å². The first-order valence-electron chi connectivity index (χ1n) is 17.8. The molecule has 0 aliphatic heterocycles. The summed E-state index contributed by atoms with van der Waals surface area (Å²) < 4.78 is 11.8. The van der Waals surface area contributed by atoms with Gasteiger partial charge in [0.15, 0.2) is 0 Å². The van der Waals surface area contributed by atoms with Crippen LogP contribution >= 0.6 is 0 Å². The zero-order valence-electron chi connectivity index (χ0n) is 35.0. The van der Waals surface area contributed by atoms with E-state index in [1.54, 1.807) is 14.2 Å². The maximum atomic E-state index is 12.1. The number of fused-ring (bicyclic) bond motifs is 4. The largest absolute Gasteiger partial charge is 0.496 e. The van der Waals surface area contributed by atoms with Gasteiger partial charge in [-0.05, 0) is 60.7 Å². The van der Waals surface area contributed by atoms with Crippen LogP contribution in [0.15, 0.2) is 36.4 Å². The zero-order valence-corrected chi connectivity index (χ0v) is 42.9. The van der Waals surface area contributed by atoms with Crippen molar-refractivity contribution in [2.24, 2.45) is 33.5 Å². The number of rotatable bonds is 6. The Morgan fingerprint density at radius 1 is 0.580 bits per heavy atom. The molecule has 0 saturated heterocycles. The summed E-state index contributed by atoms with van der Waals surface area (Å²) in [5.41, 5.74) is 0.0769. The van der Waals surface area contributed by atoms with Crippen LogP contribution in [0.5, 0.6) is 11.5 Å². The fraction of sp³-hybridized carbons (Fsp3) is 0.667. The van der Waals surface area contributed by atoms with Crippen molar-refractivity contribution in [2.75, 3.05) is 14.2 Å². The van der Waals surface area contributed by atoms with Crippen molar-refractivity contribution in [3.8, 4) is 11.5 Å². The summed E-state index contributed by atoms with van der Waals surface area (Å²) in [4.78, 5) is 0. The fourth-order valence-electron chi connectivity index (χ4n) is 11.1. The molecule has 4 bridgehead atoms. The minimum absolute atomic E-state index is 0. The van der Waals surface area contributed by atoms with E-state index >= 15 is 0 Å². The molecule has 6 rings (SSSR count). The number of aliphatic hydroxyl groups is 2. The van der Waals surface area contributed by atoms with Crippen LogP contribution in [0.3, 0.4) is 0 Å². The standard InChI is InChI=1S/2C20H32O2Si.2CH3.2Zn/c2*1-18(2)14-11-12-19(3,13-14)20(18,21)15-9-8-10-16(17(15)22-4)23(5,6)7;;;;/h2*8-10,14,21H,11-13H2,1-7H3;2*1H3;;/q;;2*-1;;. The van der Waals surface area contributed by atoms with Gasteiger partial charge >= 0.3 is 0 Å². The Kier molecular flexibility index (Phi) is 14.3. The van der Waals surface area contributed by atoms with Crippen LogP contribution in [0.2, 0.25) is 39.3 Å². The number of benzene rings is 2. The molecule has 4 aliphatic rings. The maximum Gasteiger partial charge on any atom is 0.124 e. The summed E-state index contributed by atoms with van der Waals surface area (Å²) in [6, 6.07) is 12.8. The number of methoxy groups -OCH3 is 2. The van der Waals surface area contributed by atoms with Gasteiger partial charge in [0.25, 0.3) is 0 Å². The molecular formula is C42H70O4Si2Zn2-2. The molecule has 2 aromatic rings. The second kappa shape index (κ2) is 15.1. The average molecular weight is 826 g/mol. The summed E-state index contributed by atoms with van der Waals surface area (Å²) in [6.45, 7) is 27.6. The SMILES string of the molecule is COc1c(C2(O)C3(C)CCC(C3)C2(C)C)cccc1[Si](C)(C)C.COc1c(C2(O)C3(C)CCC(C3)C2(C)C)cccc1[Si](C)(C)C.[CH3-].[CH3-].[Zn].[Zn]. The van der Waals surface area contributed by atoms with E-state index in [0.717, 1.165) is 48.3 Å². The first-order valence-corrected chi connectivity index (χ1v) is 24.8. The monoisotopic (exact) mass is 822 g/mol. The van der Waals surface area contributed by atoms with Crippen molar-refractivity contribution >= 4 is 26.5 Å². The Morgan fingerprint density at radius 2 is 0.880 bits per heavy atom. The Balaban J connectivity index is 0.000000463. The van der Waals surface area contributed by atoms with Crippen LogP contribution < -0.4 is 19.8 Å². The molecule has 0 radical (unpaired) electrons. The predicted molar refractivity (Wildman–Crippen MR) is 211 cm³/mol. The Hall–Kier alpha value is -0.359. The molecule has 0 spiro atoms. The second-order valence-electron chi connectivity index (χ2n) is 19.1. The number of hydrogen-bond acceptors (Lipinski definition) is 4. The van der Waals surface area contributed by atoms with Gasteiger partial charge in [-0.15, -0.1) is 0 Å². The first-order chi connectivity index (χ1) is 21.0. The molecule has 0 heterocycles. The van der Waals surface area contributed by atoms with E-state index in [-0.39, 0.29) is 75.5 Å². The van der Waals surface area contributed by atoms with Crippen LogP contribution in [0.4, 0.5) is 0 Å². The molecule has 2 aromatic carbocycles. The van der Waals surface area contributed by atoms with Crippen molar-refractivity contribution in [2.45, 2.75) is 131 Å². The summed E-state index contributed by atoms with van der Waals surface area (Å²) in [7, 11) is 0.433. The Labute approximate surface area is 335 Å². The van der Waals surface area contributed by atoms with Crippen molar-refractivity contribution < 1.29 is 58.6 Å². The van der Waals surface area contributed by atoms with Crippen molar-refractivity contribution in [3.63, 3.8) is 0 Å². The van der Waals surface area contributed by atoms with Gasteiger partial charge < -0.3 is 34.5 Å². The van der Waals surface area contributed by atoms with Crippen LogP contribution in [0, 0.1) is 48.3 Å². The van der Waals surface area contributed by atoms with Crippen LogP contribution in [0.25, 0.3) is 0 Å². The normalized spacial score (nSPS) is 32.7. The smallest absolute Gasteiger partial charge is 0.124 e. The molecule has 4 nitrogen and oxygen atoms in total. The molecule has 0 amide bonds. The third-order valence-corrected chi connectivity index (χ3v) is 18.0. The molecule has 276 valence electrons.